The number of carbonyl (C=O) groups excluding carboxylic acids is 1. The van der Waals surface area contributed by atoms with Gasteiger partial charge in [-0.05, 0) is 29.1 Å². The standard InChI is InChI=1S/C20H17N5O/c26-20(24-14-6-5-13-7-8-22-17(13)9-14)23-11-19-16-4-2-1-3-15(16)18-10-21-12-25(18)19/h1-10,12,19,22H,11H2,(H2,23,24,26). The summed E-state index contributed by atoms with van der Waals surface area (Å²) in [5.41, 5.74) is 5.22. The average molecular weight is 343 g/mol. The molecule has 2 amide bonds. The first-order valence-corrected chi connectivity index (χ1v) is 8.53. The predicted molar refractivity (Wildman–Crippen MR) is 101 cm³/mol. The Morgan fingerprint density at radius 3 is 3.08 bits per heavy atom. The highest BCUT2D eigenvalue weighted by Gasteiger charge is 2.28. The van der Waals surface area contributed by atoms with Gasteiger partial charge in [-0.2, -0.15) is 0 Å². The van der Waals surface area contributed by atoms with Crippen molar-refractivity contribution >= 4 is 22.6 Å². The Morgan fingerprint density at radius 1 is 1.19 bits per heavy atom. The van der Waals surface area contributed by atoms with Crippen LogP contribution in [0.15, 0.2) is 67.3 Å². The third-order valence-corrected chi connectivity index (χ3v) is 4.87. The first-order chi connectivity index (χ1) is 12.8. The van der Waals surface area contributed by atoms with Crippen LogP contribution in [0.1, 0.15) is 11.6 Å². The van der Waals surface area contributed by atoms with Crippen LogP contribution >= 0.6 is 0 Å². The van der Waals surface area contributed by atoms with E-state index in [0.717, 1.165) is 22.3 Å². The summed E-state index contributed by atoms with van der Waals surface area (Å²) in [6, 6.07) is 15.9. The van der Waals surface area contributed by atoms with E-state index < -0.39 is 0 Å². The molecule has 6 heteroatoms. The molecule has 0 spiro atoms. The fourth-order valence-electron chi connectivity index (χ4n) is 3.63. The molecular weight excluding hydrogens is 326 g/mol. The van der Waals surface area contributed by atoms with Crippen molar-refractivity contribution in [2.24, 2.45) is 0 Å². The first kappa shape index (κ1) is 14.8. The van der Waals surface area contributed by atoms with Crippen molar-refractivity contribution in [1.82, 2.24) is 19.9 Å². The molecule has 0 saturated carbocycles. The van der Waals surface area contributed by atoms with Crippen molar-refractivity contribution in [2.75, 3.05) is 11.9 Å². The third-order valence-electron chi connectivity index (χ3n) is 4.87. The molecule has 0 bridgehead atoms. The molecule has 1 aliphatic heterocycles. The van der Waals surface area contributed by atoms with E-state index >= 15 is 0 Å². The highest BCUT2D eigenvalue weighted by molar-refractivity contribution is 5.92. The summed E-state index contributed by atoms with van der Waals surface area (Å²) in [7, 11) is 0. The van der Waals surface area contributed by atoms with Crippen molar-refractivity contribution in [3.8, 4) is 11.3 Å². The lowest BCUT2D eigenvalue weighted by Crippen LogP contribution is -2.33. The number of rotatable bonds is 3. The summed E-state index contributed by atoms with van der Waals surface area (Å²) in [5.74, 6) is 0. The van der Waals surface area contributed by atoms with Crippen LogP contribution in [0.3, 0.4) is 0 Å². The summed E-state index contributed by atoms with van der Waals surface area (Å²) in [5, 5.41) is 6.99. The van der Waals surface area contributed by atoms with Gasteiger partial charge in [0.1, 0.15) is 0 Å². The van der Waals surface area contributed by atoms with Gasteiger partial charge in [-0.1, -0.05) is 30.3 Å². The minimum atomic E-state index is -0.220. The average Bonchev–Trinajstić information content (AvgIpc) is 3.36. The smallest absolute Gasteiger partial charge is 0.319 e. The molecular formula is C20H17N5O. The van der Waals surface area contributed by atoms with Gasteiger partial charge in [-0.25, -0.2) is 9.78 Å². The summed E-state index contributed by atoms with van der Waals surface area (Å²) in [6.45, 7) is 0.497. The molecule has 3 N–H and O–H groups in total. The molecule has 1 aliphatic rings. The summed E-state index contributed by atoms with van der Waals surface area (Å²) in [6.07, 6.45) is 5.57. The maximum atomic E-state index is 12.3. The molecule has 1 unspecified atom stereocenters. The van der Waals surface area contributed by atoms with Crippen molar-refractivity contribution in [3.05, 3.63) is 72.8 Å². The fourth-order valence-corrected chi connectivity index (χ4v) is 3.63. The van der Waals surface area contributed by atoms with E-state index in [9.17, 15) is 4.79 Å². The Bertz CT molecular complexity index is 1110. The Kier molecular flexibility index (Phi) is 3.28. The summed E-state index contributed by atoms with van der Waals surface area (Å²) < 4.78 is 2.11. The monoisotopic (exact) mass is 343 g/mol. The van der Waals surface area contributed by atoms with Gasteiger partial charge in [-0.15, -0.1) is 0 Å². The molecule has 0 aliphatic carbocycles. The van der Waals surface area contributed by atoms with E-state index in [0.29, 0.717) is 6.54 Å². The number of aromatic nitrogens is 3. The van der Waals surface area contributed by atoms with Gasteiger partial charge in [0.15, 0.2) is 0 Å². The fraction of sp³-hybridized carbons (Fsp3) is 0.100. The van der Waals surface area contributed by atoms with Gasteiger partial charge in [0.05, 0.1) is 24.3 Å². The molecule has 2 aromatic heterocycles. The maximum Gasteiger partial charge on any atom is 0.319 e. The van der Waals surface area contributed by atoms with Gasteiger partial charge >= 0.3 is 6.03 Å². The minimum Gasteiger partial charge on any atom is -0.361 e. The molecule has 0 saturated heterocycles. The van der Waals surface area contributed by atoms with Crippen molar-refractivity contribution < 1.29 is 4.79 Å². The van der Waals surface area contributed by atoms with Gasteiger partial charge in [0.25, 0.3) is 0 Å². The van der Waals surface area contributed by atoms with Gasteiger partial charge < -0.3 is 20.2 Å². The zero-order valence-corrected chi connectivity index (χ0v) is 13.9. The highest BCUT2D eigenvalue weighted by Crippen LogP contribution is 2.38. The van der Waals surface area contributed by atoms with Crippen LogP contribution in [0, 0.1) is 0 Å². The lowest BCUT2D eigenvalue weighted by atomic mass is 10.0. The number of H-pyrrole nitrogens is 1. The number of hydrogen-bond donors (Lipinski definition) is 3. The van der Waals surface area contributed by atoms with Crippen LogP contribution in [0.5, 0.6) is 0 Å². The number of nitrogens with one attached hydrogen (secondary N) is 3. The SMILES string of the molecule is O=C(NCC1c2ccccc2-c2cncn21)Nc1ccc2cc[nH]c2c1. The molecule has 2 aromatic carbocycles. The number of urea groups is 1. The number of benzene rings is 2. The Balaban J connectivity index is 1.31. The van der Waals surface area contributed by atoms with Gasteiger partial charge in [0, 0.05) is 29.5 Å². The van der Waals surface area contributed by atoms with Crippen molar-refractivity contribution in [2.45, 2.75) is 6.04 Å². The molecule has 5 rings (SSSR count). The van der Waals surface area contributed by atoms with Crippen LogP contribution < -0.4 is 10.6 Å². The highest BCUT2D eigenvalue weighted by atomic mass is 16.2. The maximum absolute atomic E-state index is 12.3. The second-order valence-electron chi connectivity index (χ2n) is 6.40. The molecule has 1 atom stereocenters. The molecule has 6 nitrogen and oxygen atoms in total. The van der Waals surface area contributed by atoms with Crippen molar-refractivity contribution in [1.29, 1.82) is 0 Å². The van der Waals surface area contributed by atoms with E-state index in [4.69, 9.17) is 0 Å². The second kappa shape index (κ2) is 5.77. The normalized spacial score (nSPS) is 14.8. The topological polar surface area (TPSA) is 74.7 Å². The Morgan fingerprint density at radius 2 is 2.12 bits per heavy atom. The van der Waals surface area contributed by atoms with Crippen LogP contribution in [-0.2, 0) is 0 Å². The van der Waals surface area contributed by atoms with Gasteiger partial charge in [0.2, 0.25) is 0 Å². The van der Waals surface area contributed by atoms with Crippen LogP contribution in [0.2, 0.25) is 0 Å². The summed E-state index contributed by atoms with van der Waals surface area (Å²) in [4.78, 5) is 19.7. The van der Waals surface area contributed by atoms with Crippen LogP contribution in [0.4, 0.5) is 10.5 Å². The molecule has 26 heavy (non-hydrogen) atoms. The number of carbonyl (C=O) groups is 1. The number of fused-ring (bicyclic) bond motifs is 4. The zero-order valence-electron chi connectivity index (χ0n) is 13.9. The zero-order chi connectivity index (χ0) is 17.5. The number of hydrogen-bond acceptors (Lipinski definition) is 2. The van der Waals surface area contributed by atoms with E-state index in [2.05, 4.69) is 37.3 Å². The van der Waals surface area contributed by atoms with E-state index in [1.54, 1.807) is 0 Å². The molecule has 4 aromatic rings. The number of imidazole rings is 1. The van der Waals surface area contributed by atoms with E-state index in [1.165, 1.54) is 11.1 Å². The molecule has 0 radical (unpaired) electrons. The second-order valence-corrected chi connectivity index (χ2v) is 6.40. The van der Waals surface area contributed by atoms with E-state index in [1.807, 2.05) is 55.1 Å². The van der Waals surface area contributed by atoms with Crippen LogP contribution in [-0.4, -0.2) is 27.1 Å². The first-order valence-electron chi connectivity index (χ1n) is 8.53. The Hall–Kier alpha value is -3.54. The van der Waals surface area contributed by atoms with E-state index in [-0.39, 0.29) is 12.1 Å². The molecule has 3 heterocycles. The largest absolute Gasteiger partial charge is 0.361 e. The predicted octanol–water partition coefficient (Wildman–Crippen LogP) is 3.76. The molecule has 0 fully saturated rings. The Labute approximate surface area is 149 Å². The third kappa shape index (κ3) is 2.35. The van der Waals surface area contributed by atoms with Gasteiger partial charge in [-0.3, -0.25) is 0 Å². The minimum absolute atomic E-state index is 0.0559. The number of anilines is 1. The summed E-state index contributed by atoms with van der Waals surface area (Å²) >= 11 is 0. The quantitative estimate of drug-likeness (QED) is 0.530. The number of aromatic amines is 1. The lowest BCUT2D eigenvalue weighted by molar-refractivity contribution is 0.251. The van der Waals surface area contributed by atoms with Crippen molar-refractivity contribution in [3.63, 3.8) is 0 Å². The number of amides is 2. The van der Waals surface area contributed by atoms with Crippen LogP contribution in [0.25, 0.3) is 22.2 Å². The molecule has 128 valence electrons. The lowest BCUT2D eigenvalue weighted by Gasteiger charge is -2.16. The number of nitrogens with zero attached hydrogens (tertiary/aromatic N) is 2.